The molecular weight excluding hydrogens is 362 g/mol. The van der Waals surface area contributed by atoms with Crippen molar-refractivity contribution in [3.05, 3.63) is 66.0 Å². The SMILES string of the molecule is O=C(Nc1ccc(OC(F)F)cc1)c1ccccc1CSc1ncn[nH]1. The van der Waals surface area contributed by atoms with E-state index in [-0.39, 0.29) is 11.7 Å². The highest BCUT2D eigenvalue weighted by Crippen LogP contribution is 2.23. The number of aromatic amines is 1. The maximum Gasteiger partial charge on any atom is 0.387 e. The predicted octanol–water partition coefficient (Wildman–Crippen LogP) is 3.95. The average Bonchev–Trinajstić information content (AvgIpc) is 3.15. The molecule has 0 radical (unpaired) electrons. The number of H-pyrrole nitrogens is 1. The van der Waals surface area contributed by atoms with Gasteiger partial charge in [0.25, 0.3) is 5.91 Å². The zero-order valence-corrected chi connectivity index (χ0v) is 14.2. The number of hydrogen-bond acceptors (Lipinski definition) is 5. The Morgan fingerprint density at radius 2 is 1.96 bits per heavy atom. The van der Waals surface area contributed by atoms with Crippen LogP contribution < -0.4 is 10.1 Å². The quantitative estimate of drug-likeness (QED) is 0.611. The number of thioether (sulfide) groups is 1. The minimum atomic E-state index is -2.89. The standard InChI is InChI=1S/C17H14F2N4O2S/c18-16(19)25-13-7-5-12(6-8-13)22-15(24)14-4-2-1-3-11(14)9-26-17-20-10-21-23-17/h1-8,10,16H,9H2,(H,22,24)(H,20,21,23). The summed E-state index contributed by atoms with van der Waals surface area (Å²) in [5, 5.41) is 9.94. The number of ether oxygens (including phenoxy) is 1. The molecule has 0 unspecified atom stereocenters. The van der Waals surface area contributed by atoms with Gasteiger partial charge in [-0.2, -0.15) is 13.9 Å². The van der Waals surface area contributed by atoms with E-state index >= 15 is 0 Å². The van der Waals surface area contributed by atoms with Crippen LogP contribution in [0.4, 0.5) is 14.5 Å². The summed E-state index contributed by atoms with van der Waals surface area (Å²) in [5.74, 6) is 0.281. The largest absolute Gasteiger partial charge is 0.435 e. The number of alkyl halides is 2. The molecule has 2 N–H and O–H groups in total. The van der Waals surface area contributed by atoms with E-state index in [1.165, 1.54) is 42.4 Å². The zero-order valence-electron chi connectivity index (χ0n) is 13.4. The third-order valence-corrected chi connectivity index (χ3v) is 4.28. The number of nitrogens with zero attached hydrogens (tertiary/aromatic N) is 2. The van der Waals surface area contributed by atoms with Gasteiger partial charge in [0.1, 0.15) is 12.1 Å². The van der Waals surface area contributed by atoms with Crippen molar-refractivity contribution in [3.63, 3.8) is 0 Å². The highest BCUT2D eigenvalue weighted by atomic mass is 32.2. The number of carbonyl (C=O) groups is 1. The molecule has 0 spiro atoms. The maximum atomic E-state index is 12.6. The lowest BCUT2D eigenvalue weighted by Crippen LogP contribution is -2.14. The molecular formula is C17H14F2N4O2S. The Morgan fingerprint density at radius 3 is 2.65 bits per heavy atom. The second kappa shape index (κ2) is 8.43. The molecule has 0 fully saturated rings. The number of carbonyl (C=O) groups excluding carboxylic acids is 1. The maximum absolute atomic E-state index is 12.6. The summed E-state index contributed by atoms with van der Waals surface area (Å²) in [7, 11) is 0. The van der Waals surface area contributed by atoms with Crippen LogP contribution in [0.2, 0.25) is 0 Å². The molecule has 3 rings (SSSR count). The second-order valence-corrected chi connectivity index (χ2v) is 6.06. The molecule has 1 heterocycles. The van der Waals surface area contributed by atoms with Crippen LogP contribution in [-0.2, 0) is 5.75 Å². The van der Waals surface area contributed by atoms with E-state index in [2.05, 4.69) is 25.2 Å². The van der Waals surface area contributed by atoms with Gasteiger partial charge in [0.2, 0.25) is 0 Å². The van der Waals surface area contributed by atoms with E-state index in [4.69, 9.17) is 0 Å². The first-order valence-corrected chi connectivity index (χ1v) is 8.52. The van der Waals surface area contributed by atoms with Crippen molar-refractivity contribution in [2.24, 2.45) is 0 Å². The second-order valence-electron chi connectivity index (χ2n) is 5.09. The Hall–Kier alpha value is -2.94. The Bertz CT molecular complexity index is 857. The first-order chi connectivity index (χ1) is 12.6. The lowest BCUT2D eigenvalue weighted by atomic mass is 10.1. The highest BCUT2D eigenvalue weighted by molar-refractivity contribution is 7.98. The summed E-state index contributed by atoms with van der Waals surface area (Å²) in [6.45, 7) is -2.89. The van der Waals surface area contributed by atoms with Crippen LogP contribution in [0, 0.1) is 0 Å². The van der Waals surface area contributed by atoms with Crippen LogP contribution in [-0.4, -0.2) is 27.7 Å². The van der Waals surface area contributed by atoms with Gasteiger partial charge in [0, 0.05) is 17.0 Å². The molecule has 6 nitrogen and oxygen atoms in total. The summed E-state index contributed by atoms with van der Waals surface area (Å²) < 4.78 is 28.6. The molecule has 0 atom stereocenters. The molecule has 0 saturated carbocycles. The van der Waals surface area contributed by atoms with Crippen molar-refractivity contribution < 1.29 is 18.3 Å². The monoisotopic (exact) mass is 376 g/mol. The molecule has 1 amide bonds. The number of halogens is 2. The normalized spacial score (nSPS) is 10.7. The van der Waals surface area contributed by atoms with Gasteiger partial charge < -0.3 is 10.1 Å². The van der Waals surface area contributed by atoms with Gasteiger partial charge >= 0.3 is 6.61 Å². The fraction of sp³-hybridized carbons (Fsp3) is 0.118. The van der Waals surface area contributed by atoms with Gasteiger partial charge in [-0.25, -0.2) is 4.98 Å². The molecule has 1 aromatic heterocycles. The van der Waals surface area contributed by atoms with E-state index < -0.39 is 6.61 Å². The van der Waals surface area contributed by atoms with Crippen LogP contribution in [0.25, 0.3) is 0 Å². The van der Waals surface area contributed by atoms with E-state index in [0.29, 0.717) is 22.2 Å². The minimum absolute atomic E-state index is 0.0295. The van der Waals surface area contributed by atoms with Gasteiger partial charge in [0.05, 0.1) is 0 Å². The first-order valence-electron chi connectivity index (χ1n) is 7.54. The Balaban J connectivity index is 1.67. The van der Waals surface area contributed by atoms with E-state index in [1.807, 2.05) is 12.1 Å². The van der Waals surface area contributed by atoms with E-state index in [1.54, 1.807) is 12.1 Å². The van der Waals surface area contributed by atoms with E-state index in [9.17, 15) is 13.6 Å². The van der Waals surface area contributed by atoms with Crippen molar-refractivity contribution in [2.45, 2.75) is 17.5 Å². The van der Waals surface area contributed by atoms with Crippen molar-refractivity contribution in [2.75, 3.05) is 5.32 Å². The molecule has 26 heavy (non-hydrogen) atoms. The molecule has 134 valence electrons. The van der Waals surface area contributed by atoms with Crippen molar-refractivity contribution in [3.8, 4) is 5.75 Å². The number of anilines is 1. The number of rotatable bonds is 7. The van der Waals surface area contributed by atoms with Crippen LogP contribution in [0.1, 0.15) is 15.9 Å². The summed E-state index contributed by atoms with van der Waals surface area (Å²) in [5.41, 5.74) is 1.84. The van der Waals surface area contributed by atoms with Crippen LogP contribution in [0.15, 0.2) is 60.0 Å². The molecule has 0 bridgehead atoms. The number of nitrogens with one attached hydrogen (secondary N) is 2. The van der Waals surface area contributed by atoms with E-state index in [0.717, 1.165) is 5.56 Å². The summed E-state index contributed by atoms with van der Waals surface area (Å²) in [6.07, 6.45) is 1.42. The minimum Gasteiger partial charge on any atom is -0.435 e. The van der Waals surface area contributed by atoms with Gasteiger partial charge in [-0.05, 0) is 35.9 Å². The van der Waals surface area contributed by atoms with Crippen LogP contribution >= 0.6 is 11.8 Å². The van der Waals surface area contributed by atoms with Crippen molar-refractivity contribution in [1.82, 2.24) is 15.2 Å². The van der Waals surface area contributed by atoms with Gasteiger partial charge in [-0.1, -0.05) is 30.0 Å². The lowest BCUT2D eigenvalue weighted by molar-refractivity contribution is -0.0498. The summed E-state index contributed by atoms with van der Waals surface area (Å²) in [4.78, 5) is 16.6. The Labute approximate surface area is 152 Å². The predicted molar refractivity (Wildman–Crippen MR) is 93.4 cm³/mol. The smallest absolute Gasteiger partial charge is 0.387 e. The fourth-order valence-electron chi connectivity index (χ4n) is 2.20. The molecule has 0 saturated heterocycles. The van der Waals surface area contributed by atoms with Gasteiger partial charge in [-0.3, -0.25) is 9.89 Å². The summed E-state index contributed by atoms with van der Waals surface area (Å²) >= 11 is 1.43. The van der Waals surface area contributed by atoms with Crippen molar-refractivity contribution >= 4 is 23.4 Å². The highest BCUT2D eigenvalue weighted by Gasteiger charge is 2.12. The number of hydrogen-bond donors (Lipinski definition) is 2. The number of benzene rings is 2. The molecule has 0 aliphatic rings. The van der Waals surface area contributed by atoms with Gasteiger partial charge in [0.15, 0.2) is 5.16 Å². The molecule has 0 aliphatic heterocycles. The third kappa shape index (κ3) is 4.79. The van der Waals surface area contributed by atoms with Crippen LogP contribution in [0.3, 0.4) is 0 Å². The van der Waals surface area contributed by atoms with Crippen LogP contribution in [0.5, 0.6) is 5.75 Å². The Kier molecular flexibility index (Phi) is 5.80. The topological polar surface area (TPSA) is 79.9 Å². The zero-order chi connectivity index (χ0) is 18.4. The lowest BCUT2D eigenvalue weighted by Gasteiger charge is -2.10. The molecule has 3 aromatic rings. The first kappa shape index (κ1) is 17.9. The third-order valence-electron chi connectivity index (χ3n) is 3.36. The fourth-order valence-corrected chi connectivity index (χ4v) is 2.98. The summed E-state index contributed by atoms with van der Waals surface area (Å²) in [6, 6.07) is 12.9. The average molecular weight is 376 g/mol. The number of aromatic nitrogens is 3. The van der Waals surface area contributed by atoms with Gasteiger partial charge in [-0.15, -0.1) is 0 Å². The van der Waals surface area contributed by atoms with Crippen molar-refractivity contribution in [1.29, 1.82) is 0 Å². The molecule has 2 aromatic carbocycles. The Morgan fingerprint density at radius 1 is 1.19 bits per heavy atom. The molecule has 0 aliphatic carbocycles. The number of amides is 1. The molecule has 9 heteroatoms.